The fourth-order valence-electron chi connectivity index (χ4n) is 2.99. The molecule has 3 rings (SSSR count). The molecule has 132 valence electrons. The third kappa shape index (κ3) is 5.58. The van der Waals surface area contributed by atoms with Crippen LogP contribution < -0.4 is 0 Å². The smallest absolute Gasteiger partial charge is 0.232 e. The van der Waals surface area contributed by atoms with Crippen molar-refractivity contribution in [2.24, 2.45) is 0 Å². The van der Waals surface area contributed by atoms with E-state index in [-0.39, 0.29) is 11.7 Å². The van der Waals surface area contributed by atoms with E-state index in [0.717, 1.165) is 44.0 Å². The van der Waals surface area contributed by atoms with Gasteiger partial charge in [0, 0.05) is 37.6 Å². The lowest BCUT2D eigenvalue weighted by molar-refractivity contribution is -0.128. The number of thioether (sulfide) groups is 1. The van der Waals surface area contributed by atoms with Crippen LogP contribution in [0.4, 0.5) is 4.39 Å². The zero-order valence-corrected chi connectivity index (χ0v) is 15.1. The molecular formula is C20H23FN2OS. The van der Waals surface area contributed by atoms with Gasteiger partial charge in [-0.25, -0.2) is 4.39 Å². The molecule has 0 unspecified atom stereocenters. The van der Waals surface area contributed by atoms with Gasteiger partial charge in [-0.2, -0.15) is 0 Å². The van der Waals surface area contributed by atoms with E-state index >= 15 is 0 Å². The zero-order chi connectivity index (χ0) is 17.5. The van der Waals surface area contributed by atoms with Gasteiger partial charge < -0.3 is 4.90 Å². The van der Waals surface area contributed by atoms with Gasteiger partial charge in [-0.15, -0.1) is 11.8 Å². The Hall–Kier alpha value is -1.85. The maximum Gasteiger partial charge on any atom is 0.232 e. The minimum Gasteiger partial charge on any atom is -0.341 e. The largest absolute Gasteiger partial charge is 0.341 e. The molecule has 2 aromatic rings. The van der Waals surface area contributed by atoms with E-state index in [1.807, 2.05) is 11.0 Å². The predicted octanol–water partition coefficient (Wildman–Crippen LogP) is 3.65. The van der Waals surface area contributed by atoms with Crippen molar-refractivity contribution in [3.05, 3.63) is 66.0 Å². The van der Waals surface area contributed by atoms with Crippen molar-refractivity contribution < 1.29 is 9.18 Å². The Balaban J connectivity index is 1.47. The van der Waals surface area contributed by atoms with E-state index in [9.17, 15) is 9.18 Å². The average molecular weight is 358 g/mol. The Morgan fingerprint density at radius 2 is 1.72 bits per heavy atom. The summed E-state index contributed by atoms with van der Waals surface area (Å²) in [5.74, 6) is 0.321. The van der Waals surface area contributed by atoms with Gasteiger partial charge in [-0.1, -0.05) is 30.3 Å². The van der Waals surface area contributed by atoms with Crippen LogP contribution in [-0.4, -0.2) is 47.6 Å². The van der Waals surface area contributed by atoms with Crippen LogP contribution in [0.15, 0.2) is 59.5 Å². The van der Waals surface area contributed by atoms with Crippen LogP contribution in [0.2, 0.25) is 0 Å². The molecule has 0 spiro atoms. The fraction of sp³-hybridized carbons (Fsp3) is 0.350. The highest BCUT2D eigenvalue weighted by molar-refractivity contribution is 8.00. The lowest BCUT2D eigenvalue weighted by atomic mass is 10.2. The summed E-state index contributed by atoms with van der Waals surface area (Å²) in [5, 5.41) is 0. The first kappa shape index (κ1) is 18.0. The van der Waals surface area contributed by atoms with Crippen molar-refractivity contribution in [2.75, 3.05) is 31.9 Å². The van der Waals surface area contributed by atoms with Crippen molar-refractivity contribution in [2.45, 2.75) is 17.9 Å². The van der Waals surface area contributed by atoms with Gasteiger partial charge in [-0.3, -0.25) is 9.69 Å². The quantitative estimate of drug-likeness (QED) is 0.762. The monoisotopic (exact) mass is 358 g/mol. The first-order valence-corrected chi connectivity index (χ1v) is 9.62. The maximum absolute atomic E-state index is 12.9. The highest BCUT2D eigenvalue weighted by Crippen LogP contribution is 2.19. The standard InChI is InChI=1S/C20H23FN2OS/c21-18-7-9-19(10-8-18)25-16-20(24)23-12-4-11-22(13-14-23)15-17-5-2-1-3-6-17/h1-3,5-10H,4,11-16H2. The zero-order valence-electron chi connectivity index (χ0n) is 14.2. The van der Waals surface area contributed by atoms with Gasteiger partial charge >= 0.3 is 0 Å². The second-order valence-corrected chi connectivity index (χ2v) is 7.29. The van der Waals surface area contributed by atoms with E-state index in [1.165, 1.54) is 29.5 Å². The lowest BCUT2D eigenvalue weighted by Gasteiger charge is -2.22. The molecule has 1 saturated heterocycles. The molecule has 2 aromatic carbocycles. The Kier molecular flexibility index (Phi) is 6.48. The summed E-state index contributed by atoms with van der Waals surface area (Å²) in [6, 6.07) is 16.8. The molecule has 1 heterocycles. The van der Waals surface area contributed by atoms with E-state index in [4.69, 9.17) is 0 Å². The molecule has 1 aliphatic rings. The van der Waals surface area contributed by atoms with Crippen molar-refractivity contribution in [1.82, 2.24) is 9.80 Å². The van der Waals surface area contributed by atoms with E-state index in [0.29, 0.717) is 5.75 Å². The highest BCUT2D eigenvalue weighted by Gasteiger charge is 2.19. The van der Waals surface area contributed by atoms with Gasteiger partial charge in [0.1, 0.15) is 5.82 Å². The second kappa shape index (κ2) is 9.02. The summed E-state index contributed by atoms with van der Waals surface area (Å²) in [7, 11) is 0. The van der Waals surface area contributed by atoms with Crippen molar-refractivity contribution in [1.29, 1.82) is 0 Å². The third-order valence-electron chi connectivity index (χ3n) is 4.37. The number of halogens is 1. The molecule has 0 radical (unpaired) electrons. The SMILES string of the molecule is O=C(CSc1ccc(F)cc1)N1CCCN(Cc2ccccc2)CC1. The number of benzene rings is 2. The maximum atomic E-state index is 12.9. The normalized spacial score (nSPS) is 15.8. The Labute approximate surface area is 152 Å². The molecule has 5 heteroatoms. The van der Waals surface area contributed by atoms with E-state index in [2.05, 4.69) is 29.2 Å². The molecular weight excluding hydrogens is 335 g/mol. The summed E-state index contributed by atoms with van der Waals surface area (Å²) < 4.78 is 12.9. The van der Waals surface area contributed by atoms with E-state index < -0.39 is 0 Å². The average Bonchev–Trinajstić information content (AvgIpc) is 2.87. The van der Waals surface area contributed by atoms with Crippen LogP contribution in [0.25, 0.3) is 0 Å². The topological polar surface area (TPSA) is 23.6 Å². The number of amides is 1. The van der Waals surface area contributed by atoms with Crippen molar-refractivity contribution in [3.63, 3.8) is 0 Å². The van der Waals surface area contributed by atoms with Crippen LogP contribution in [0.1, 0.15) is 12.0 Å². The molecule has 0 N–H and O–H groups in total. The number of rotatable bonds is 5. The minimum atomic E-state index is -0.248. The molecule has 0 saturated carbocycles. The minimum absolute atomic E-state index is 0.163. The molecule has 1 aliphatic heterocycles. The third-order valence-corrected chi connectivity index (χ3v) is 5.36. The molecule has 0 aliphatic carbocycles. The number of hydrogen-bond donors (Lipinski definition) is 0. The summed E-state index contributed by atoms with van der Waals surface area (Å²) in [6.07, 6.45) is 1.000. The van der Waals surface area contributed by atoms with Gasteiger partial charge in [0.05, 0.1) is 5.75 Å². The Bertz CT molecular complexity index is 678. The van der Waals surface area contributed by atoms with Crippen LogP contribution in [0, 0.1) is 5.82 Å². The molecule has 1 amide bonds. The van der Waals surface area contributed by atoms with Crippen molar-refractivity contribution in [3.8, 4) is 0 Å². The summed E-state index contributed by atoms with van der Waals surface area (Å²) in [5.41, 5.74) is 1.31. The van der Waals surface area contributed by atoms with Gasteiger partial charge in [0.25, 0.3) is 0 Å². The highest BCUT2D eigenvalue weighted by atomic mass is 32.2. The summed E-state index contributed by atoms with van der Waals surface area (Å²) in [6.45, 7) is 4.45. The van der Waals surface area contributed by atoms with E-state index in [1.54, 1.807) is 12.1 Å². The molecule has 25 heavy (non-hydrogen) atoms. The summed E-state index contributed by atoms with van der Waals surface area (Å²) >= 11 is 1.47. The predicted molar refractivity (Wildman–Crippen MR) is 100 cm³/mol. The number of hydrogen-bond acceptors (Lipinski definition) is 3. The Morgan fingerprint density at radius 3 is 2.48 bits per heavy atom. The first-order valence-electron chi connectivity index (χ1n) is 8.63. The molecule has 0 bridgehead atoms. The molecule has 0 atom stereocenters. The number of nitrogens with zero attached hydrogens (tertiary/aromatic N) is 2. The van der Waals surface area contributed by atoms with Crippen LogP contribution in [-0.2, 0) is 11.3 Å². The van der Waals surface area contributed by atoms with Gasteiger partial charge in [-0.05, 0) is 36.2 Å². The first-order chi connectivity index (χ1) is 12.2. The van der Waals surface area contributed by atoms with Crippen LogP contribution >= 0.6 is 11.8 Å². The van der Waals surface area contributed by atoms with Crippen molar-refractivity contribution >= 4 is 17.7 Å². The van der Waals surface area contributed by atoms with Gasteiger partial charge in [0.15, 0.2) is 0 Å². The molecule has 1 fully saturated rings. The van der Waals surface area contributed by atoms with Crippen LogP contribution in [0.5, 0.6) is 0 Å². The number of carbonyl (C=O) groups is 1. The van der Waals surface area contributed by atoms with Gasteiger partial charge in [0.2, 0.25) is 5.91 Å². The number of carbonyl (C=O) groups excluding carboxylic acids is 1. The molecule has 3 nitrogen and oxygen atoms in total. The summed E-state index contributed by atoms with van der Waals surface area (Å²) in [4.78, 5) is 17.8. The Morgan fingerprint density at radius 1 is 0.960 bits per heavy atom. The fourth-order valence-corrected chi connectivity index (χ4v) is 3.79. The van der Waals surface area contributed by atoms with Crippen LogP contribution in [0.3, 0.4) is 0 Å². The molecule has 0 aromatic heterocycles. The second-order valence-electron chi connectivity index (χ2n) is 6.24. The lowest BCUT2D eigenvalue weighted by Crippen LogP contribution is -2.36.